The highest BCUT2D eigenvalue weighted by Crippen LogP contribution is 2.23. The fourth-order valence-electron chi connectivity index (χ4n) is 2.13. The van der Waals surface area contributed by atoms with Crippen LogP contribution in [0.1, 0.15) is 39.0 Å². The summed E-state index contributed by atoms with van der Waals surface area (Å²) in [5.74, 6) is 0.396. The summed E-state index contributed by atoms with van der Waals surface area (Å²) >= 11 is 0. The predicted octanol–water partition coefficient (Wildman–Crippen LogP) is 0.898. The van der Waals surface area contributed by atoms with Crippen molar-refractivity contribution >= 4 is 0 Å². The molecule has 3 N–H and O–H groups in total. The molecular formula is C11H23NO2. The van der Waals surface area contributed by atoms with Gasteiger partial charge < -0.3 is 15.5 Å². The van der Waals surface area contributed by atoms with Crippen molar-refractivity contribution in [3.63, 3.8) is 0 Å². The monoisotopic (exact) mass is 201 g/mol. The maximum Gasteiger partial charge on any atom is 0.0662 e. The summed E-state index contributed by atoms with van der Waals surface area (Å²) < 4.78 is 0. The van der Waals surface area contributed by atoms with Crippen LogP contribution in [0.3, 0.4) is 0 Å². The lowest BCUT2D eigenvalue weighted by Gasteiger charge is -2.31. The number of hydrogen-bond acceptors (Lipinski definition) is 3. The van der Waals surface area contributed by atoms with Gasteiger partial charge in [-0.05, 0) is 25.2 Å². The van der Waals surface area contributed by atoms with Gasteiger partial charge in [-0.15, -0.1) is 0 Å². The van der Waals surface area contributed by atoms with Crippen LogP contribution in [-0.2, 0) is 0 Å². The molecule has 0 aromatic heterocycles. The molecule has 0 saturated heterocycles. The molecule has 0 bridgehead atoms. The average molecular weight is 201 g/mol. The molecule has 0 aromatic carbocycles. The summed E-state index contributed by atoms with van der Waals surface area (Å²) in [6, 6.07) is 0.412. The van der Waals surface area contributed by atoms with Crippen LogP contribution >= 0.6 is 0 Å². The van der Waals surface area contributed by atoms with Crippen molar-refractivity contribution in [2.75, 3.05) is 13.2 Å². The minimum atomic E-state index is -0.240. The molecule has 0 heterocycles. The number of hydrogen-bond donors (Lipinski definition) is 3. The zero-order valence-corrected chi connectivity index (χ0v) is 9.08. The molecule has 0 aliphatic heterocycles. The van der Waals surface area contributed by atoms with Crippen molar-refractivity contribution in [1.29, 1.82) is 0 Å². The second-order valence-electron chi connectivity index (χ2n) is 4.30. The Morgan fingerprint density at radius 2 is 2.07 bits per heavy atom. The highest BCUT2D eigenvalue weighted by molar-refractivity contribution is 4.81. The molecule has 0 spiro atoms. The second kappa shape index (κ2) is 6.38. The zero-order chi connectivity index (χ0) is 10.4. The van der Waals surface area contributed by atoms with Crippen LogP contribution < -0.4 is 5.32 Å². The van der Waals surface area contributed by atoms with E-state index in [-0.39, 0.29) is 12.7 Å². The molecule has 0 aromatic rings. The van der Waals surface area contributed by atoms with Crippen LogP contribution in [-0.4, -0.2) is 35.5 Å². The molecule has 3 nitrogen and oxygen atoms in total. The van der Waals surface area contributed by atoms with Crippen molar-refractivity contribution in [1.82, 2.24) is 5.32 Å². The van der Waals surface area contributed by atoms with Gasteiger partial charge in [0, 0.05) is 19.2 Å². The molecule has 0 radical (unpaired) electrons. The van der Waals surface area contributed by atoms with E-state index in [4.69, 9.17) is 0 Å². The van der Waals surface area contributed by atoms with Crippen LogP contribution in [0.5, 0.6) is 0 Å². The molecule has 1 aliphatic rings. The van der Waals surface area contributed by atoms with Gasteiger partial charge in [0.1, 0.15) is 0 Å². The fourth-order valence-corrected chi connectivity index (χ4v) is 2.13. The normalized spacial score (nSPS) is 30.2. The molecule has 1 fully saturated rings. The number of aliphatic hydroxyl groups excluding tert-OH is 2. The first-order valence-corrected chi connectivity index (χ1v) is 5.80. The third-order valence-electron chi connectivity index (χ3n) is 3.23. The van der Waals surface area contributed by atoms with E-state index < -0.39 is 0 Å². The van der Waals surface area contributed by atoms with E-state index in [9.17, 15) is 10.2 Å². The van der Waals surface area contributed by atoms with Crippen molar-refractivity contribution in [3.8, 4) is 0 Å². The van der Waals surface area contributed by atoms with Gasteiger partial charge in [0.15, 0.2) is 0 Å². The Morgan fingerprint density at radius 3 is 2.71 bits per heavy atom. The summed E-state index contributed by atoms with van der Waals surface area (Å²) in [4.78, 5) is 0. The van der Waals surface area contributed by atoms with Crippen molar-refractivity contribution in [2.45, 2.75) is 51.2 Å². The Labute approximate surface area is 86.5 Å². The molecule has 84 valence electrons. The third kappa shape index (κ3) is 3.56. The highest BCUT2D eigenvalue weighted by Gasteiger charge is 2.24. The topological polar surface area (TPSA) is 52.5 Å². The summed E-state index contributed by atoms with van der Waals surface area (Å²) in [5, 5.41) is 22.0. The van der Waals surface area contributed by atoms with E-state index in [2.05, 4.69) is 5.32 Å². The van der Waals surface area contributed by atoms with Crippen molar-refractivity contribution in [2.24, 2.45) is 5.92 Å². The van der Waals surface area contributed by atoms with Crippen LogP contribution in [0, 0.1) is 5.92 Å². The zero-order valence-electron chi connectivity index (χ0n) is 9.08. The van der Waals surface area contributed by atoms with Gasteiger partial charge in [0.05, 0.1) is 6.10 Å². The van der Waals surface area contributed by atoms with Crippen LogP contribution in [0.25, 0.3) is 0 Å². The molecule has 1 rings (SSSR count). The second-order valence-corrected chi connectivity index (χ2v) is 4.30. The van der Waals surface area contributed by atoms with Crippen LogP contribution in [0.15, 0.2) is 0 Å². The first-order chi connectivity index (χ1) is 6.77. The van der Waals surface area contributed by atoms with Gasteiger partial charge >= 0.3 is 0 Å². The smallest absolute Gasteiger partial charge is 0.0662 e. The summed E-state index contributed by atoms with van der Waals surface area (Å²) in [5.41, 5.74) is 0. The Kier molecular flexibility index (Phi) is 5.45. The molecule has 0 amide bonds. The highest BCUT2D eigenvalue weighted by atomic mass is 16.3. The molecule has 1 aliphatic carbocycles. The maximum atomic E-state index is 9.42. The molecular weight excluding hydrogens is 178 g/mol. The van der Waals surface area contributed by atoms with Gasteiger partial charge in [-0.2, -0.15) is 0 Å². The maximum absolute atomic E-state index is 9.42. The Bertz CT molecular complexity index is 152. The van der Waals surface area contributed by atoms with Crippen molar-refractivity contribution in [3.05, 3.63) is 0 Å². The van der Waals surface area contributed by atoms with Gasteiger partial charge in [-0.3, -0.25) is 0 Å². The summed E-state index contributed by atoms with van der Waals surface area (Å²) in [6.45, 7) is 2.92. The Hall–Kier alpha value is -0.120. The van der Waals surface area contributed by atoms with E-state index in [1.54, 1.807) is 0 Å². The molecule has 0 unspecified atom stereocenters. The van der Waals surface area contributed by atoms with Gasteiger partial charge in [0.2, 0.25) is 0 Å². The minimum Gasteiger partial charge on any atom is -0.396 e. The minimum absolute atomic E-state index is 0.240. The molecule has 3 heteroatoms. The van der Waals surface area contributed by atoms with E-state index >= 15 is 0 Å². The number of nitrogens with one attached hydrogen (secondary N) is 1. The lowest BCUT2D eigenvalue weighted by molar-refractivity contribution is 0.125. The molecule has 1 saturated carbocycles. The average Bonchev–Trinajstić information content (AvgIpc) is 2.26. The number of rotatable bonds is 5. The standard InChI is InChI=1S/C11H23NO2/c1-2-10(14)7-12-11-6-4-3-5-9(11)8-13/h9-14H,2-8H2,1H3/t9-,10+,11-/m0/s1. The predicted molar refractivity (Wildman–Crippen MR) is 57.1 cm³/mol. The Morgan fingerprint density at radius 1 is 1.36 bits per heavy atom. The lowest BCUT2D eigenvalue weighted by Crippen LogP contribution is -2.43. The summed E-state index contributed by atoms with van der Waals surface area (Å²) in [7, 11) is 0. The van der Waals surface area contributed by atoms with E-state index in [0.29, 0.717) is 18.5 Å². The first-order valence-electron chi connectivity index (χ1n) is 5.80. The largest absolute Gasteiger partial charge is 0.396 e. The summed E-state index contributed by atoms with van der Waals surface area (Å²) in [6.07, 6.45) is 5.30. The van der Waals surface area contributed by atoms with E-state index in [1.807, 2.05) is 6.92 Å². The van der Waals surface area contributed by atoms with E-state index in [0.717, 1.165) is 19.3 Å². The number of aliphatic hydroxyl groups is 2. The fraction of sp³-hybridized carbons (Fsp3) is 1.00. The van der Waals surface area contributed by atoms with Crippen molar-refractivity contribution < 1.29 is 10.2 Å². The third-order valence-corrected chi connectivity index (χ3v) is 3.23. The van der Waals surface area contributed by atoms with Crippen LogP contribution in [0.4, 0.5) is 0 Å². The SMILES string of the molecule is CC[C@@H](O)CN[C@H]1CCCC[C@H]1CO. The Balaban J connectivity index is 2.26. The molecule has 3 atom stereocenters. The van der Waals surface area contributed by atoms with Gasteiger partial charge in [-0.1, -0.05) is 19.8 Å². The van der Waals surface area contributed by atoms with Crippen LogP contribution in [0.2, 0.25) is 0 Å². The lowest BCUT2D eigenvalue weighted by atomic mass is 9.85. The first kappa shape index (κ1) is 12.0. The van der Waals surface area contributed by atoms with E-state index in [1.165, 1.54) is 12.8 Å². The molecule has 14 heavy (non-hydrogen) atoms. The quantitative estimate of drug-likeness (QED) is 0.619. The van der Waals surface area contributed by atoms with Gasteiger partial charge in [0.25, 0.3) is 0 Å². The van der Waals surface area contributed by atoms with Gasteiger partial charge in [-0.25, -0.2) is 0 Å².